The highest BCUT2D eigenvalue weighted by Gasteiger charge is 2.23. The molecule has 0 saturated carbocycles. The first-order chi connectivity index (χ1) is 22.4. The SMILES string of the molecule is c1ccc(-c2cccc(-c3ccccc3)c2-c2c3ccccc3c(-c3cccc4oc5ccccc5c34)c3ccccc23)cc1. The standard InChI is InChI=1S/C44H28O/c1-3-15-29(16-4-1)31-24-13-25-32(30-17-5-2-6-18-30)43(31)44-35-21-9-7-19-33(35)41(34-20-8-10-22-36(34)44)38-26-14-28-40-42(38)37-23-11-12-27-39(37)45-40/h1-28H. The minimum Gasteiger partial charge on any atom is -0.456 e. The van der Waals surface area contributed by atoms with Crippen molar-refractivity contribution in [3.05, 3.63) is 170 Å². The van der Waals surface area contributed by atoms with Crippen molar-refractivity contribution in [2.24, 2.45) is 0 Å². The van der Waals surface area contributed by atoms with E-state index in [0.717, 1.165) is 21.9 Å². The molecular weight excluding hydrogens is 544 g/mol. The Hall–Kier alpha value is -5.92. The summed E-state index contributed by atoms with van der Waals surface area (Å²) in [7, 11) is 0. The molecule has 210 valence electrons. The smallest absolute Gasteiger partial charge is 0.136 e. The molecule has 0 atom stereocenters. The van der Waals surface area contributed by atoms with Gasteiger partial charge >= 0.3 is 0 Å². The van der Waals surface area contributed by atoms with Gasteiger partial charge in [-0.05, 0) is 78.2 Å². The lowest BCUT2D eigenvalue weighted by molar-refractivity contribution is 0.669. The van der Waals surface area contributed by atoms with Gasteiger partial charge in [-0.15, -0.1) is 0 Å². The van der Waals surface area contributed by atoms with Crippen LogP contribution in [0.2, 0.25) is 0 Å². The van der Waals surface area contributed by atoms with Crippen LogP contribution >= 0.6 is 0 Å². The van der Waals surface area contributed by atoms with Crippen LogP contribution in [0.3, 0.4) is 0 Å². The van der Waals surface area contributed by atoms with Gasteiger partial charge in [0.05, 0.1) is 0 Å². The topological polar surface area (TPSA) is 13.1 Å². The Kier molecular flexibility index (Phi) is 5.89. The second-order valence-corrected chi connectivity index (χ2v) is 11.6. The van der Waals surface area contributed by atoms with E-state index >= 15 is 0 Å². The molecule has 0 aliphatic carbocycles. The highest BCUT2D eigenvalue weighted by molar-refractivity contribution is 6.27. The summed E-state index contributed by atoms with van der Waals surface area (Å²) >= 11 is 0. The second-order valence-electron chi connectivity index (χ2n) is 11.6. The molecule has 0 N–H and O–H groups in total. The fraction of sp³-hybridized carbons (Fsp3) is 0. The maximum Gasteiger partial charge on any atom is 0.136 e. The number of rotatable bonds is 4. The lowest BCUT2D eigenvalue weighted by atomic mass is 9.80. The first-order valence-corrected chi connectivity index (χ1v) is 15.4. The van der Waals surface area contributed by atoms with Crippen molar-refractivity contribution in [2.45, 2.75) is 0 Å². The molecule has 45 heavy (non-hydrogen) atoms. The summed E-state index contributed by atoms with van der Waals surface area (Å²) in [4.78, 5) is 0. The summed E-state index contributed by atoms with van der Waals surface area (Å²) in [5, 5.41) is 7.22. The first-order valence-electron chi connectivity index (χ1n) is 15.4. The summed E-state index contributed by atoms with van der Waals surface area (Å²) in [6.07, 6.45) is 0. The zero-order chi connectivity index (χ0) is 29.7. The van der Waals surface area contributed by atoms with Crippen molar-refractivity contribution < 1.29 is 4.42 Å². The van der Waals surface area contributed by atoms with Gasteiger partial charge in [0.2, 0.25) is 0 Å². The number of fused-ring (bicyclic) bond motifs is 5. The van der Waals surface area contributed by atoms with Crippen LogP contribution in [0.15, 0.2) is 174 Å². The average molecular weight is 573 g/mol. The normalized spacial score (nSPS) is 11.6. The minimum atomic E-state index is 0.909. The molecule has 0 fully saturated rings. The molecule has 0 unspecified atom stereocenters. The van der Waals surface area contributed by atoms with E-state index in [4.69, 9.17) is 4.42 Å². The van der Waals surface area contributed by atoms with Crippen molar-refractivity contribution in [1.82, 2.24) is 0 Å². The molecule has 0 bridgehead atoms. The van der Waals surface area contributed by atoms with Crippen LogP contribution in [0.5, 0.6) is 0 Å². The summed E-state index contributed by atoms with van der Waals surface area (Å²) in [6.45, 7) is 0. The van der Waals surface area contributed by atoms with Crippen LogP contribution in [-0.2, 0) is 0 Å². The molecule has 8 aromatic carbocycles. The summed E-state index contributed by atoms with van der Waals surface area (Å²) in [6, 6.07) is 61.0. The van der Waals surface area contributed by atoms with E-state index in [9.17, 15) is 0 Å². The summed E-state index contributed by atoms with van der Waals surface area (Å²) < 4.78 is 6.36. The van der Waals surface area contributed by atoms with Crippen molar-refractivity contribution in [3.63, 3.8) is 0 Å². The Morgan fingerprint density at radius 1 is 0.267 bits per heavy atom. The monoisotopic (exact) mass is 572 g/mol. The molecule has 1 nitrogen and oxygen atoms in total. The number of furan rings is 1. The molecular formula is C44H28O. The Bertz CT molecular complexity index is 2410. The zero-order valence-corrected chi connectivity index (χ0v) is 24.6. The van der Waals surface area contributed by atoms with E-state index in [2.05, 4.69) is 164 Å². The molecule has 1 heteroatoms. The van der Waals surface area contributed by atoms with E-state index < -0.39 is 0 Å². The van der Waals surface area contributed by atoms with Crippen LogP contribution in [0, 0.1) is 0 Å². The Balaban J connectivity index is 1.47. The molecule has 0 radical (unpaired) electrons. The van der Waals surface area contributed by atoms with Gasteiger partial charge in [-0.2, -0.15) is 0 Å². The zero-order valence-electron chi connectivity index (χ0n) is 24.6. The van der Waals surface area contributed by atoms with Gasteiger partial charge in [0.15, 0.2) is 0 Å². The molecule has 0 spiro atoms. The highest BCUT2D eigenvalue weighted by atomic mass is 16.3. The fourth-order valence-corrected chi connectivity index (χ4v) is 7.21. The predicted molar refractivity (Wildman–Crippen MR) is 190 cm³/mol. The molecule has 0 aliphatic rings. The Morgan fingerprint density at radius 3 is 1.27 bits per heavy atom. The number of hydrogen-bond donors (Lipinski definition) is 0. The number of para-hydroxylation sites is 1. The molecule has 0 aliphatic heterocycles. The second kappa shape index (κ2) is 10.4. The van der Waals surface area contributed by atoms with Gasteiger partial charge in [0.1, 0.15) is 11.2 Å². The molecule has 1 heterocycles. The van der Waals surface area contributed by atoms with Crippen molar-refractivity contribution in [3.8, 4) is 44.5 Å². The van der Waals surface area contributed by atoms with Gasteiger partial charge < -0.3 is 4.42 Å². The van der Waals surface area contributed by atoms with E-state index in [-0.39, 0.29) is 0 Å². The van der Waals surface area contributed by atoms with Crippen LogP contribution in [0.1, 0.15) is 0 Å². The maximum absolute atomic E-state index is 6.36. The molecule has 0 saturated heterocycles. The Labute approximate surface area is 261 Å². The van der Waals surface area contributed by atoms with E-state index in [1.54, 1.807) is 0 Å². The Morgan fingerprint density at radius 2 is 0.689 bits per heavy atom. The summed E-state index contributed by atoms with van der Waals surface area (Å²) in [5.74, 6) is 0. The minimum absolute atomic E-state index is 0.909. The van der Waals surface area contributed by atoms with Crippen LogP contribution < -0.4 is 0 Å². The largest absolute Gasteiger partial charge is 0.456 e. The third-order valence-corrected chi connectivity index (χ3v) is 9.09. The average Bonchev–Trinajstić information content (AvgIpc) is 3.50. The van der Waals surface area contributed by atoms with Gasteiger partial charge in [-0.1, -0.05) is 158 Å². The predicted octanol–water partition coefficient (Wildman–Crippen LogP) is 12.6. The van der Waals surface area contributed by atoms with E-state index in [0.29, 0.717) is 0 Å². The molecule has 1 aromatic heterocycles. The lowest BCUT2D eigenvalue weighted by Crippen LogP contribution is -1.95. The molecule has 0 amide bonds. The highest BCUT2D eigenvalue weighted by Crippen LogP contribution is 2.50. The van der Waals surface area contributed by atoms with E-state index in [1.165, 1.54) is 66.1 Å². The van der Waals surface area contributed by atoms with Crippen molar-refractivity contribution in [2.75, 3.05) is 0 Å². The molecule has 9 aromatic rings. The van der Waals surface area contributed by atoms with Gasteiger partial charge in [0.25, 0.3) is 0 Å². The van der Waals surface area contributed by atoms with Crippen LogP contribution in [0.4, 0.5) is 0 Å². The van der Waals surface area contributed by atoms with Crippen molar-refractivity contribution in [1.29, 1.82) is 0 Å². The summed E-state index contributed by atoms with van der Waals surface area (Å²) in [5.41, 5.74) is 11.6. The van der Waals surface area contributed by atoms with E-state index in [1.807, 2.05) is 6.07 Å². The fourth-order valence-electron chi connectivity index (χ4n) is 7.21. The third-order valence-electron chi connectivity index (χ3n) is 9.09. The maximum atomic E-state index is 6.36. The quantitative estimate of drug-likeness (QED) is 0.191. The van der Waals surface area contributed by atoms with Crippen LogP contribution in [-0.4, -0.2) is 0 Å². The number of benzene rings is 8. The van der Waals surface area contributed by atoms with Gasteiger partial charge in [-0.25, -0.2) is 0 Å². The van der Waals surface area contributed by atoms with Gasteiger partial charge in [0, 0.05) is 10.8 Å². The molecule has 9 rings (SSSR count). The third kappa shape index (κ3) is 4.02. The first kappa shape index (κ1) is 25.6. The van der Waals surface area contributed by atoms with Crippen LogP contribution in [0.25, 0.3) is 88.0 Å². The lowest BCUT2D eigenvalue weighted by Gasteiger charge is -2.22. The van der Waals surface area contributed by atoms with Gasteiger partial charge in [-0.3, -0.25) is 0 Å². The van der Waals surface area contributed by atoms with Crippen molar-refractivity contribution >= 4 is 43.5 Å². The number of hydrogen-bond acceptors (Lipinski definition) is 1.